The van der Waals surface area contributed by atoms with Crippen molar-refractivity contribution in [3.8, 4) is 0 Å². The fraction of sp³-hybridized carbons (Fsp3) is 0.217. The molecule has 0 spiro atoms. The Morgan fingerprint density at radius 2 is 1.89 bits per heavy atom. The van der Waals surface area contributed by atoms with E-state index < -0.39 is 0 Å². The van der Waals surface area contributed by atoms with Crippen LogP contribution in [0.1, 0.15) is 28.3 Å². The number of benzene rings is 2. The molecule has 28 heavy (non-hydrogen) atoms. The van der Waals surface area contributed by atoms with Crippen molar-refractivity contribution in [2.24, 2.45) is 7.05 Å². The van der Waals surface area contributed by atoms with Crippen LogP contribution in [0.2, 0.25) is 0 Å². The van der Waals surface area contributed by atoms with Crippen LogP contribution in [0.4, 0.5) is 0 Å². The molecular weight excluding hydrogens is 348 g/mol. The molecule has 2 aromatic heterocycles. The van der Waals surface area contributed by atoms with Crippen LogP contribution in [0.5, 0.6) is 0 Å². The molecule has 142 valence electrons. The van der Waals surface area contributed by atoms with E-state index in [2.05, 4.69) is 34.2 Å². The van der Waals surface area contributed by atoms with Crippen LogP contribution in [0.25, 0.3) is 10.9 Å². The zero-order chi connectivity index (χ0) is 19.3. The summed E-state index contributed by atoms with van der Waals surface area (Å²) in [5, 5.41) is 1.05. The summed E-state index contributed by atoms with van der Waals surface area (Å²) >= 11 is 0. The summed E-state index contributed by atoms with van der Waals surface area (Å²) in [4.78, 5) is 22.8. The van der Waals surface area contributed by atoms with Gasteiger partial charge in [0.1, 0.15) is 11.5 Å². The van der Waals surface area contributed by atoms with E-state index in [9.17, 15) is 4.79 Å². The van der Waals surface area contributed by atoms with Crippen molar-refractivity contribution >= 4 is 16.8 Å². The number of nitrogens with one attached hydrogen (secondary N) is 1. The number of nitrogens with zero attached hydrogens (tertiary/aromatic N) is 3. The minimum Gasteiger partial charge on any atom is -0.351 e. The maximum Gasteiger partial charge on any atom is 0.270 e. The SMILES string of the molecule is Cn1ccnc1CN(CCCc1ccccc1)C(=O)c1cc2ccccc2[nH]1. The van der Waals surface area contributed by atoms with Crippen molar-refractivity contribution in [1.29, 1.82) is 0 Å². The number of aromatic amines is 1. The van der Waals surface area contributed by atoms with Gasteiger partial charge in [0.2, 0.25) is 0 Å². The van der Waals surface area contributed by atoms with Gasteiger partial charge < -0.3 is 14.5 Å². The Morgan fingerprint density at radius 1 is 1.11 bits per heavy atom. The number of carbonyl (C=O) groups is 1. The van der Waals surface area contributed by atoms with Crippen molar-refractivity contribution in [1.82, 2.24) is 19.4 Å². The normalized spacial score (nSPS) is 11.0. The van der Waals surface area contributed by atoms with Crippen molar-refractivity contribution in [2.45, 2.75) is 19.4 Å². The Bertz CT molecular complexity index is 1030. The van der Waals surface area contributed by atoms with Crippen molar-refractivity contribution in [3.63, 3.8) is 0 Å². The molecule has 4 rings (SSSR count). The Labute approximate surface area is 164 Å². The Morgan fingerprint density at radius 3 is 2.64 bits per heavy atom. The third-order valence-electron chi connectivity index (χ3n) is 5.04. The highest BCUT2D eigenvalue weighted by Gasteiger charge is 2.19. The van der Waals surface area contributed by atoms with E-state index in [1.54, 1.807) is 6.20 Å². The van der Waals surface area contributed by atoms with Crippen molar-refractivity contribution in [2.75, 3.05) is 6.54 Å². The largest absolute Gasteiger partial charge is 0.351 e. The molecule has 1 amide bonds. The van der Waals surface area contributed by atoms with Gasteiger partial charge in [0, 0.05) is 36.9 Å². The fourth-order valence-electron chi connectivity index (χ4n) is 3.45. The lowest BCUT2D eigenvalue weighted by Crippen LogP contribution is -2.33. The van der Waals surface area contributed by atoms with Crippen molar-refractivity contribution in [3.05, 3.63) is 90.1 Å². The van der Waals surface area contributed by atoms with Gasteiger partial charge in [-0.2, -0.15) is 0 Å². The topological polar surface area (TPSA) is 53.9 Å². The van der Waals surface area contributed by atoms with Crippen LogP contribution in [0.15, 0.2) is 73.1 Å². The van der Waals surface area contributed by atoms with E-state index in [4.69, 9.17) is 0 Å². The molecule has 0 aliphatic carbocycles. The Kier molecular flexibility index (Phi) is 5.24. The molecule has 0 saturated carbocycles. The summed E-state index contributed by atoms with van der Waals surface area (Å²) < 4.78 is 1.96. The second kappa shape index (κ2) is 8.13. The zero-order valence-electron chi connectivity index (χ0n) is 16.0. The number of aryl methyl sites for hydroxylation is 2. The summed E-state index contributed by atoms with van der Waals surface area (Å²) in [6.07, 6.45) is 5.52. The lowest BCUT2D eigenvalue weighted by molar-refractivity contribution is 0.0730. The lowest BCUT2D eigenvalue weighted by Gasteiger charge is -2.22. The molecule has 5 nitrogen and oxygen atoms in total. The van der Waals surface area contributed by atoms with Gasteiger partial charge in [-0.25, -0.2) is 4.98 Å². The van der Waals surface area contributed by atoms with E-state index in [0.29, 0.717) is 18.8 Å². The molecule has 0 aliphatic rings. The van der Waals surface area contributed by atoms with Crippen LogP contribution >= 0.6 is 0 Å². The Hall–Kier alpha value is -3.34. The number of aromatic nitrogens is 3. The maximum absolute atomic E-state index is 13.3. The van der Waals surface area contributed by atoms with Gasteiger partial charge in [0.15, 0.2) is 0 Å². The minimum absolute atomic E-state index is 0.00672. The third kappa shape index (κ3) is 3.98. The number of hydrogen-bond donors (Lipinski definition) is 1. The number of amides is 1. The molecule has 0 unspecified atom stereocenters. The number of imidazole rings is 1. The van der Waals surface area contributed by atoms with Crippen LogP contribution < -0.4 is 0 Å². The van der Waals surface area contributed by atoms with Gasteiger partial charge in [-0.1, -0.05) is 48.5 Å². The monoisotopic (exact) mass is 372 g/mol. The second-order valence-corrected chi connectivity index (χ2v) is 7.04. The smallest absolute Gasteiger partial charge is 0.270 e. The highest BCUT2D eigenvalue weighted by atomic mass is 16.2. The third-order valence-corrected chi connectivity index (χ3v) is 5.04. The molecular formula is C23H24N4O. The zero-order valence-corrected chi connectivity index (χ0v) is 16.0. The molecule has 4 aromatic rings. The maximum atomic E-state index is 13.3. The van der Waals surface area contributed by atoms with Gasteiger partial charge >= 0.3 is 0 Å². The molecule has 0 radical (unpaired) electrons. The average Bonchev–Trinajstić information content (AvgIpc) is 3.33. The molecule has 1 N–H and O–H groups in total. The quantitative estimate of drug-likeness (QED) is 0.529. The summed E-state index contributed by atoms with van der Waals surface area (Å²) in [5.74, 6) is 0.886. The summed E-state index contributed by atoms with van der Waals surface area (Å²) in [5.41, 5.74) is 2.89. The highest BCUT2D eigenvalue weighted by molar-refractivity contribution is 5.98. The van der Waals surface area contributed by atoms with Crippen LogP contribution in [0, 0.1) is 0 Å². The van der Waals surface area contributed by atoms with Gasteiger partial charge in [0.25, 0.3) is 5.91 Å². The number of hydrogen-bond acceptors (Lipinski definition) is 2. The number of para-hydroxylation sites is 1. The van der Waals surface area contributed by atoms with Gasteiger partial charge in [0.05, 0.1) is 6.54 Å². The van der Waals surface area contributed by atoms with E-state index in [-0.39, 0.29) is 5.91 Å². The first-order valence-corrected chi connectivity index (χ1v) is 9.58. The predicted octanol–water partition coefficient (Wildman–Crippen LogP) is 4.18. The molecule has 2 aromatic carbocycles. The van der Waals surface area contributed by atoms with E-state index >= 15 is 0 Å². The van der Waals surface area contributed by atoms with Crippen LogP contribution in [0.3, 0.4) is 0 Å². The van der Waals surface area contributed by atoms with E-state index in [1.165, 1.54) is 5.56 Å². The first-order chi connectivity index (χ1) is 13.7. The molecule has 0 atom stereocenters. The van der Waals surface area contributed by atoms with Gasteiger partial charge in [-0.05, 0) is 30.5 Å². The number of rotatable bonds is 7. The predicted molar refractivity (Wildman–Crippen MR) is 111 cm³/mol. The Balaban J connectivity index is 1.52. The molecule has 5 heteroatoms. The van der Waals surface area contributed by atoms with E-state index in [0.717, 1.165) is 29.6 Å². The molecule has 2 heterocycles. The first kappa shape index (κ1) is 18.0. The highest BCUT2D eigenvalue weighted by Crippen LogP contribution is 2.17. The summed E-state index contributed by atoms with van der Waals surface area (Å²) in [6, 6.07) is 20.3. The lowest BCUT2D eigenvalue weighted by atomic mass is 10.1. The first-order valence-electron chi connectivity index (χ1n) is 9.58. The summed E-state index contributed by atoms with van der Waals surface area (Å²) in [7, 11) is 1.96. The van der Waals surface area contributed by atoms with Gasteiger partial charge in [-0.3, -0.25) is 4.79 Å². The van der Waals surface area contributed by atoms with Crippen molar-refractivity contribution < 1.29 is 4.79 Å². The molecule has 0 saturated heterocycles. The van der Waals surface area contributed by atoms with E-state index in [1.807, 2.05) is 59.1 Å². The number of H-pyrrole nitrogens is 1. The molecule has 0 bridgehead atoms. The molecule has 0 fully saturated rings. The standard InChI is InChI=1S/C23H24N4O/c1-26-15-13-24-22(26)17-27(14-7-10-18-8-3-2-4-9-18)23(28)21-16-19-11-5-6-12-20(19)25-21/h2-6,8-9,11-13,15-16,25H,7,10,14,17H2,1H3. The average molecular weight is 372 g/mol. The second-order valence-electron chi connectivity index (χ2n) is 7.04. The fourth-order valence-corrected chi connectivity index (χ4v) is 3.45. The van der Waals surface area contributed by atoms with Gasteiger partial charge in [-0.15, -0.1) is 0 Å². The summed E-state index contributed by atoms with van der Waals surface area (Å²) in [6.45, 7) is 1.17. The molecule has 0 aliphatic heterocycles. The van der Waals surface area contributed by atoms with Crippen LogP contribution in [-0.4, -0.2) is 31.9 Å². The minimum atomic E-state index is 0.00672. The number of fused-ring (bicyclic) bond motifs is 1. The number of carbonyl (C=O) groups excluding carboxylic acids is 1. The van der Waals surface area contributed by atoms with Crippen LogP contribution in [-0.2, 0) is 20.0 Å².